The molecule has 16 heavy (non-hydrogen) atoms. The molecular weight excluding hydrogens is 204 g/mol. The summed E-state index contributed by atoms with van der Waals surface area (Å²) < 4.78 is 1.83. The van der Waals surface area contributed by atoms with Gasteiger partial charge in [-0.3, -0.25) is 4.79 Å². The molecule has 1 aromatic rings. The lowest BCUT2D eigenvalue weighted by Crippen LogP contribution is -2.43. The maximum atomic E-state index is 11.8. The van der Waals surface area contributed by atoms with E-state index in [1.807, 2.05) is 4.57 Å². The number of rotatable bonds is 4. The largest absolute Gasteiger partial charge is 0.348 e. The van der Waals surface area contributed by atoms with E-state index in [1.54, 1.807) is 12.5 Å². The van der Waals surface area contributed by atoms with Crippen LogP contribution in [0.4, 0.5) is 0 Å². The molecule has 3 N–H and O–H groups in total. The van der Waals surface area contributed by atoms with Crippen LogP contribution < -0.4 is 11.1 Å². The number of aromatic nitrogens is 2. The SMILES string of the molecule is CC1CC(NC(=O)c2cn(CCN)cn2)C1. The topological polar surface area (TPSA) is 72.9 Å². The fourth-order valence-electron chi connectivity index (χ4n) is 2.03. The predicted molar refractivity (Wildman–Crippen MR) is 60.9 cm³/mol. The van der Waals surface area contributed by atoms with Gasteiger partial charge in [-0.2, -0.15) is 0 Å². The van der Waals surface area contributed by atoms with E-state index in [0.717, 1.165) is 18.8 Å². The summed E-state index contributed by atoms with van der Waals surface area (Å²) in [4.78, 5) is 15.8. The van der Waals surface area contributed by atoms with Crippen LogP contribution in [0.3, 0.4) is 0 Å². The average molecular weight is 222 g/mol. The number of carbonyl (C=O) groups excluding carboxylic acids is 1. The molecule has 1 amide bonds. The van der Waals surface area contributed by atoms with Crippen molar-refractivity contribution in [3.63, 3.8) is 0 Å². The number of hydrogen-bond acceptors (Lipinski definition) is 3. The molecule has 0 radical (unpaired) electrons. The fraction of sp³-hybridized carbons (Fsp3) is 0.636. The van der Waals surface area contributed by atoms with Gasteiger partial charge in [-0.1, -0.05) is 6.92 Å². The number of carbonyl (C=O) groups is 1. The summed E-state index contributed by atoms with van der Waals surface area (Å²) in [5, 5.41) is 2.97. The minimum absolute atomic E-state index is 0.0762. The van der Waals surface area contributed by atoms with Crippen molar-refractivity contribution in [3.05, 3.63) is 18.2 Å². The number of nitrogens with zero attached hydrogens (tertiary/aromatic N) is 2. The van der Waals surface area contributed by atoms with E-state index in [4.69, 9.17) is 5.73 Å². The molecule has 5 heteroatoms. The Balaban J connectivity index is 1.88. The number of imidazole rings is 1. The molecule has 0 atom stereocenters. The maximum Gasteiger partial charge on any atom is 0.271 e. The zero-order valence-electron chi connectivity index (χ0n) is 9.52. The maximum absolute atomic E-state index is 11.8. The zero-order valence-corrected chi connectivity index (χ0v) is 9.52. The summed E-state index contributed by atoms with van der Waals surface area (Å²) in [6, 6.07) is 0.335. The van der Waals surface area contributed by atoms with Crippen LogP contribution in [-0.4, -0.2) is 28.0 Å². The van der Waals surface area contributed by atoms with Crippen LogP contribution in [0.1, 0.15) is 30.3 Å². The Kier molecular flexibility index (Phi) is 3.24. The Bertz CT molecular complexity index is 368. The summed E-state index contributed by atoms with van der Waals surface area (Å²) >= 11 is 0. The van der Waals surface area contributed by atoms with Gasteiger partial charge in [-0.15, -0.1) is 0 Å². The lowest BCUT2D eigenvalue weighted by molar-refractivity contribution is 0.0891. The monoisotopic (exact) mass is 222 g/mol. The van der Waals surface area contributed by atoms with Gasteiger partial charge in [0, 0.05) is 25.3 Å². The molecule has 1 aliphatic rings. The van der Waals surface area contributed by atoms with Crippen molar-refractivity contribution in [1.82, 2.24) is 14.9 Å². The lowest BCUT2D eigenvalue weighted by atomic mass is 9.82. The number of nitrogens with one attached hydrogen (secondary N) is 1. The Morgan fingerprint density at radius 2 is 2.44 bits per heavy atom. The van der Waals surface area contributed by atoms with Gasteiger partial charge in [0.15, 0.2) is 0 Å². The molecule has 0 unspecified atom stereocenters. The molecule has 1 fully saturated rings. The molecule has 5 nitrogen and oxygen atoms in total. The van der Waals surface area contributed by atoms with Gasteiger partial charge in [-0.25, -0.2) is 4.98 Å². The highest BCUT2D eigenvalue weighted by atomic mass is 16.2. The molecule has 0 saturated heterocycles. The van der Waals surface area contributed by atoms with E-state index < -0.39 is 0 Å². The lowest BCUT2D eigenvalue weighted by Gasteiger charge is -2.32. The number of amides is 1. The molecule has 0 aliphatic heterocycles. The van der Waals surface area contributed by atoms with Gasteiger partial charge in [0.05, 0.1) is 6.33 Å². The highest BCUT2D eigenvalue weighted by Crippen LogP contribution is 2.26. The Labute approximate surface area is 95.0 Å². The summed E-state index contributed by atoms with van der Waals surface area (Å²) in [6.45, 7) is 3.44. The smallest absolute Gasteiger partial charge is 0.271 e. The van der Waals surface area contributed by atoms with Crippen molar-refractivity contribution in [2.45, 2.75) is 32.4 Å². The van der Waals surface area contributed by atoms with Crippen LogP contribution in [0, 0.1) is 5.92 Å². The third-order valence-corrected chi connectivity index (χ3v) is 2.96. The number of hydrogen-bond donors (Lipinski definition) is 2. The normalized spacial score (nSPS) is 23.9. The predicted octanol–water partition coefficient (Wildman–Crippen LogP) is 0.370. The van der Waals surface area contributed by atoms with Crippen LogP contribution in [-0.2, 0) is 6.54 Å². The van der Waals surface area contributed by atoms with Gasteiger partial charge < -0.3 is 15.6 Å². The van der Waals surface area contributed by atoms with E-state index in [2.05, 4.69) is 17.2 Å². The highest BCUT2D eigenvalue weighted by molar-refractivity contribution is 5.92. The van der Waals surface area contributed by atoms with Gasteiger partial charge in [0.1, 0.15) is 5.69 Å². The highest BCUT2D eigenvalue weighted by Gasteiger charge is 2.27. The molecule has 2 rings (SSSR count). The molecule has 1 saturated carbocycles. The van der Waals surface area contributed by atoms with Crippen molar-refractivity contribution >= 4 is 5.91 Å². The van der Waals surface area contributed by atoms with Crippen molar-refractivity contribution in [2.75, 3.05) is 6.54 Å². The molecule has 1 aliphatic carbocycles. The first kappa shape index (κ1) is 11.1. The number of nitrogens with two attached hydrogens (primary N) is 1. The summed E-state index contributed by atoms with van der Waals surface area (Å²) in [7, 11) is 0. The van der Waals surface area contributed by atoms with Gasteiger partial charge in [0.25, 0.3) is 5.91 Å². The second kappa shape index (κ2) is 4.65. The standard InChI is InChI=1S/C11H18N4O/c1-8-4-9(5-8)14-11(16)10-6-15(3-2-12)7-13-10/h6-9H,2-5,12H2,1H3,(H,14,16). The van der Waals surface area contributed by atoms with E-state index in [-0.39, 0.29) is 5.91 Å². The van der Waals surface area contributed by atoms with Crippen LogP contribution in [0.15, 0.2) is 12.5 Å². The second-order valence-corrected chi connectivity index (χ2v) is 4.53. The average Bonchev–Trinajstić information content (AvgIpc) is 2.64. The van der Waals surface area contributed by atoms with Gasteiger partial charge >= 0.3 is 0 Å². The fourth-order valence-corrected chi connectivity index (χ4v) is 2.03. The first-order valence-corrected chi connectivity index (χ1v) is 5.71. The van der Waals surface area contributed by atoms with Gasteiger partial charge in [0.2, 0.25) is 0 Å². The second-order valence-electron chi connectivity index (χ2n) is 4.53. The molecular formula is C11H18N4O. The minimum Gasteiger partial charge on any atom is -0.348 e. The third-order valence-electron chi connectivity index (χ3n) is 2.96. The van der Waals surface area contributed by atoms with Crippen molar-refractivity contribution < 1.29 is 4.79 Å². The van der Waals surface area contributed by atoms with Gasteiger partial charge in [-0.05, 0) is 18.8 Å². The van der Waals surface area contributed by atoms with E-state index in [1.165, 1.54) is 0 Å². The molecule has 0 bridgehead atoms. The molecule has 1 aromatic heterocycles. The van der Waals surface area contributed by atoms with Crippen LogP contribution in [0.2, 0.25) is 0 Å². The third kappa shape index (κ3) is 2.41. The first-order chi connectivity index (χ1) is 7.69. The van der Waals surface area contributed by atoms with E-state index >= 15 is 0 Å². The Morgan fingerprint density at radius 3 is 3.06 bits per heavy atom. The van der Waals surface area contributed by atoms with E-state index in [9.17, 15) is 4.79 Å². The minimum atomic E-state index is -0.0762. The Hall–Kier alpha value is -1.36. The van der Waals surface area contributed by atoms with Crippen molar-refractivity contribution in [2.24, 2.45) is 11.7 Å². The van der Waals surface area contributed by atoms with Crippen molar-refractivity contribution in [1.29, 1.82) is 0 Å². The molecule has 88 valence electrons. The zero-order chi connectivity index (χ0) is 11.5. The molecule has 0 spiro atoms. The van der Waals surface area contributed by atoms with E-state index in [0.29, 0.717) is 24.8 Å². The summed E-state index contributed by atoms with van der Waals surface area (Å²) in [6.07, 6.45) is 5.54. The Morgan fingerprint density at radius 1 is 1.69 bits per heavy atom. The summed E-state index contributed by atoms with van der Waals surface area (Å²) in [5.41, 5.74) is 5.90. The first-order valence-electron chi connectivity index (χ1n) is 5.71. The summed E-state index contributed by atoms with van der Waals surface area (Å²) in [5.74, 6) is 0.660. The molecule has 1 heterocycles. The van der Waals surface area contributed by atoms with Crippen molar-refractivity contribution in [3.8, 4) is 0 Å². The molecule has 0 aromatic carbocycles. The van der Waals surface area contributed by atoms with Crippen LogP contribution >= 0.6 is 0 Å². The quantitative estimate of drug-likeness (QED) is 0.773. The van der Waals surface area contributed by atoms with Crippen LogP contribution in [0.25, 0.3) is 0 Å². The van der Waals surface area contributed by atoms with Crippen LogP contribution in [0.5, 0.6) is 0 Å².